The number of hydrogen-bond donors (Lipinski definition) is 1. The van der Waals surface area contributed by atoms with E-state index in [-0.39, 0.29) is 17.2 Å². The summed E-state index contributed by atoms with van der Waals surface area (Å²) in [6, 6.07) is 16.6. The van der Waals surface area contributed by atoms with Gasteiger partial charge >= 0.3 is 0 Å². The lowest BCUT2D eigenvalue weighted by molar-refractivity contribution is -0.123. The lowest BCUT2D eigenvalue weighted by Crippen LogP contribution is -2.30. The summed E-state index contributed by atoms with van der Waals surface area (Å²) >= 11 is 0. The fourth-order valence-corrected chi connectivity index (χ4v) is 4.14. The minimum atomic E-state index is -0.00546. The largest absolute Gasteiger partial charge is 0.493 e. The highest BCUT2D eigenvalue weighted by atomic mass is 16.5. The Labute approximate surface area is 155 Å². The third kappa shape index (κ3) is 3.21. The van der Waals surface area contributed by atoms with Crippen LogP contribution in [-0.4, -0.2) is 31.5 Å². The van der Waals surface area contributed by atoms with Gasteiger partial charge in [-0.25, -0.2) is 0 Å². The number of carbonyl (C=O) groups is 1. The van der Waals surface area contributed by atoms with Crippen LogP contribution >= 0.6 is 0 Å². The van der Waals surface area contributed by atoms with Crippen LogP contribution in [0.4, 0.5) is 0 Å². The molecule has 2 atom stereocenters. The summed E-state index contributed by atoms with van der Waals surface area (Å²) in [7, 11) is 4.13. The SMILES string of the molecule is CN(C)Cc1ccc(CNC(=O)[C@@H]2C[C@]23CCOc2ccccc23)cc1. The minimum absolute atomic E-state index is 0.00546. The lowest BCUT2D eigenvalue weighted by Gasteiger charge is -2.26. The fourth-order valence-electron chi connectivity index (χ4n) is 4.14. The van der Waals surface area contributed by atoms with Crippen LogP contribution in [0.25, 0.3) is 0 Å². The summed E-state index contributed by atoms with van der Waals surface area (Å²) < 4.78 is 5.76. The second-order valence-electron chi connectivity index (χ2n) is 7.78. The van der Waals surface area contributed by atoms with Crippen molar-refractivity contribution >= 4 is 5.91 Å². The molecule has 2 aromatic rings. The second-order valence-corrected chi connectivity index (χ2v) is 7.78. The number of para-hydroxylation sites is 1. The van der Waals surface area contributed by atoms with Crippen LogP contribution in [0.15, 0.2) is 48.5 Å². The van der Waals surface area contributed by atoms with Crippen LogP contribution in [0.5, 0.6) is 5.75 Å². The van der Waals surface area contributed by atoms with E-state index in [0.29, 0.717) is 13.2 Å². The highest BCUT2D eigenvalue weighted by molar-refractivity contribution is 5.84. The standard InChI is InChI=1S/C22H26N2O2/c1-24(2)15-17-9-7-16(8-10-17)14-23-21(25)19-13-22(19)11-12-26-20-6-4-3-5-18(20)22/h3-10,19H,11-15H2,1-2H3,(H,23,25)/t19-,22-/m0/s1. The molecular weight excluding hydrogens is 324 g/mol. The van der Waals surface area contributed by atoms with Crippen LogP contribution in [-0.2, 0) is 23.3 Å². The zero-order chi connectivity index (χ0) is 18.1. The van der Waals surface area contributed by atoms with Crippen LogP contribution in [0.2, 0.25) is 0 Å². The Morgan fingerprint density at radius 3 is 2.65 bits per heavy atom. The maximum Gasteiger partial charge on any atom is 0.224 e. The maximum atomic E-state index is 12.7. The van der Waals surface area contributed by atoms with Crippen molar-refractivity contribution in [3.05, 3.63) is 65.2 Å². The molecule has 4 rings (SSSR count). The average molecular weight is 350 g/mol. The van der Waals surface area contributed by atoms with Crippen LogP contribution < -0.4 is 10.1 Å². The molecule has 26 heavy (non-hydrogen) atoms. The third-order valence-corrected chi connectivity index (χ3v) is 5.61. The minimum Gasteiger partial charge on any atom is -0.493 e. The molecule has 1 spiro atoms. The number of amides is 1. The van der Waals surface area contributed by atoms with Crippen molar-refractivity contribution < 1.29 is 9.53 Å². The molecule has 1 aliphatic heterocycles. The first kappa shape index (κ1) is 17.1. The monoisotopic (exact) mass is 350 g/mol. The van der Waals surface area contributed by atoms with Gasteiger partial charge in [-0.3, -0.25) is 4.79 Å². The fraction of sp³-hybridized carbons (Fsp3) is 0.409. The van der Waals surface area contributed by atoms with E-state index in [2.05, 4.69) is 54.6 Å². The number of hydrogen-bond acceptors (Lipinski definition) is 3. The molecule has 136 valence electrons. The molecule has 0 aromatic heterocycles. The van der Waals surface area contributed by atoms with E-state index in [0.717, 1.165) is 30.7 Å². The van der Waals surface area contributed by atoms with Gasteiger partial charge in [-0.1, -0.05) is 42.5 Å². The number of rotatable bonds is 5. The van der Waals surface area contributed by atoms with Gasteiger partial charge in [-0.2, -0.15) is 0 Å². The zero-order valence-electron chi connectivity index (χ0n) is 15.5. The molecule has 4 nitrogen and oxygen atoms in total. The van der Waals surface area contributed by atoms with E-state index in [1.165, 1.54) is 11.1 Å². The first-order valence-electron chi connectivity index (χ1n) is 9.31. The van der Waals surface area contributed by atoms with Gasteiger partial charge in [0.1, 0.15) is 5.75 Å². The summed E-state index contributed by atoms with van der Waals surface area (Å²) in [6.07, 6.45) is 1.86. The highest BCUT2D eigenvalue weighted by Crippen LogP contribution is 2.60. The van der Waals surface area contributed by atoms with Gasteiger partial charge in [0.15, 0.2) is 0 Å². The Kier molecular flexibility index (Phi) is 4.45. The molecule has 2 aromatic carbocycles. The molecular formula is C22H26N2O2. The first-order chi connectivity index (χ1) is 12.6. The number of nitrogens with one attached hydrogen (secondary N) is 1. The van der Waals surface area contributed by atoms with E-state index in [4.69, 9.17) is 4.74 Å². The summed E-state index contributed by atoms with van der Waals surface area (Å²) in [4.78, 5) is 14.9. The molecule has 4 heteroatoms. The van der Waals surface area contributed by atoms with E-state index in [1.807, 2.05) is 18.2 Å². The predicted octanol–water partition coefficient (Wildman–Crippen LogP) is 3.10. The quantitative estimate of drug-likeness (QED) is 0.901. The average Bonchev–Trinajstić information content (AvgIpc) is 3.36. The van der Waals surface area contributed by atoms with Crippen molar-refractivity contribution in [1.82, 2.24) is 10.2 Å². The van der Waals surface area contributed by atoms with E-state index in [9.17, 15) is 4.79 Å². The van der Waals surface area contributed by atoms with Crippen LogP contribution in [0.1, 0.15) is 29.5 Å². The summed E-state index contributed by atoms with van der Waals surface area (Å²) in [5.74, 6) is 1.19. The third-order valence-electron chi connectivity index (χ3n) is 5.61. The lowest BCUT2D eigenvalue weighted by atomic mass is 9.87. The van der Waals surface area contributed by atoms with Crippen molar-refractivity contribution in [3.63, 3.8) is 0 Å². The number of ether oxygens (including phenoxy) is 1. The normalized spacial score (nSPS) is 23.4. The van der Waals surface area contributed by atoms with E-state index < -0.39 is 0 Å². The predicted molar refractivity (Wildman–Crippen MR) is 102 cm³/mol. The molecule has 1 aliphatic carbocycles. The van der Waals surface area contributed by atoms with Gasteiger partial charge < -0.3 is 15.0 Å². The van der Waals surface area contributed by atoms with Gasteiger partial charge in [0.05, 0.1) is 6.61 Å². The molecule has 1 fully saturated rings. The molecule has 0 bridgehead atoms. The van der Waals surface area contributed by atoms with Crippen LogP contribution in [0.3, 0.4) is 0 Å². The van der Waals surface area contributed by atoms with Crippen molar-refractivity contribution in [1.29, 1.82) is 0 Å². The van der Waals surface area contributed by atoms with E-state index >= 15 is 0 Å². The molecule has 0 unspecified atom stereocenters. The Balaban J connectivity index is 1.37. The zero-order valence-corrected chi connectivity index (χ0v) is 15.5. The number of fused-ring (bicyclic) bond motifs is 2. The molecule has 0 radical (unpaired) electrons. The van der Waals surface area contributed by atoms with Gasteiger partial charge in [0.25, 0.3) is 0 Å². The van der Waals surface area contributed by atoms with Gasteiger partial charge in [0, 0.05) is 30.0 Å². The maximum absolute atomic E-state index is 12.7. The smallest absolute Gasteiger partial charge is 0.224 e. The Bertz CT molecular complexity index is 800. The van der Waals surface area contributed by atoms with Crippen molar-refractivity contribution in [2.45, 2.75) is 31.3 Å². The molecule has 0 saturated heterocycles. The van der Waals surface area contributed by atoms with Gasteiger partial charge in [0.2, 0.25) is 5.91 Å². The number of benzene rings is 2. The van der Waals surface area contributed by atoms with E-state index in [1.54, 1.807) is 0 Å². The Morgan fingerprint density at radius 2 is 1.88 bits per heavy atom. The molecule has 1 saturated carbocycles. The second kappa shape index (κ2) is 6.76. The molecule has 1 N–H and O–H groups in total. The number of nitrogens with zero attached hydrogens (tertiary/aromatic N) is 1. The van der Waals surface area contributed by atoms with Crippen molar-refractivity contribution in [2.24, 2.45) is 5.92 Å². The summed E-state index contributed by atoms with van der Waals surface area (Å²) in [5.41, 5.74) is 3.63. The summed E-state index contributed by atoms with van der Waals surface area (Å²) in [6.45, 7) is 2.22. The Hall–Kier alpha value is -2.33. The van der Waals surface area contributed by atoms with Gasteiger partial charge in [-0.05, 0) is 44.1 Å². The highest BCUT2D eigenvalue weighted by Gasteiger charge is 2.60. The molecule has 2 aliphatic rings. The topological polar surface area (TPSA) is 41.6 Å². The summed E-state index contributed by atoms with van der Waals surface area (Å²) in [5, 5.41) is 3.13. The van der Waals surface area contributed by atoms with Gasteiger partial charge in [-0.15, -0.1) is 0 Å². The van der Waals surface area contributed by atoms with Crippen molar-refractivity contribution in [3.8, 4) is 5.75 Å². The molecule has 1 heterocycles. The Morgan fingerprint density at radius 1 is 1.15 bits per heavy atom. The van der Waals surface area contributed by atoms with Crippen LogP contribution in [0, 0.1) is 5.92 Å². The first-order valence-corrected chi connectivity index (χ1v) is 9.31. The molecule has 1 amide bonds. The van der Waals surface area contributed by atoms with Crippen molar-refractivity contribution in [2.75, 3.05) is 20.7 Å². The number of carbonyl (C=O) groups excluding carboxylic acids is 1.